The van der Waals surface area contributed by atoms with E-state index in [0.29, 0.717) is 6.54 Å². The molecule has 0 spiro atoms. The molecule has 1 amide bonds. The lowest BCUT2D eigenvalue weighted by Crippen LogP contribution is -2.32. The molecule has 1 aromatic carbocycles. The Morgan fingerprint density at radius 3 is 2.55 bits per heavy atom. The number of nitrogen functional groups attached to an aromatic ring is 1. The summed E-state index contributed by atoms with van der Waals surface area (Å²) in [5, 5.41) is 0. The van der Waals surface area contributed by atoms with Crippen molar-refractivity contribution in [3.05, 3.63) is 23.8 Å². The zero-order chi connectivity index (χ0) is 15.0. The van der Waals surface area contributed by atoms with Crippen LogP contribution in [0.1, 0.15) is 23.2 Å². The van der Waals surface area contributed by atoms with Gasteiger partial charge in [-0.3, -0.25) is 4.79 Å². The Bertz CT molecular complexity index is 639. The number of hydrogen-bond acceptors (Lipinski definition) is 5. The Morgan fingerprint density at radius 1 is 1.45 bits per heavy atom. The highest BCUT2D eigenvalue weighted by atomic mass is 32.2. The minimum absolute atomic E-state index is 0.0165. The summed E-state index contributed by atoms with van der Waals surface area (Å²) in [5.41, 5.74) is 11.0. The Hall–Kier alpha value is -1.25. The number of anilines is 1. The third-order valence-corrected chi connectivity index (χ3v) is 6.30. The fraction of sp³-hybridized carbons (Fsp3) is 0.417. The van der Waals surface area contributed by atoms with Crippen molar-refractivity contribution < 1.29 is 13.2 Å². The number of carbonyl (C=O) groups excluding carboxylic acids is 1. The second-order valence-electron chi connectivity index (χ2n) is 4.83. The second kappa shape index (κ2) is 5.27. The molecule has 1 aliphatic carbocycles. The number of rotatable bonds is 6. The van der Waals surface area contributed by atoms with E-state index in [1.54, 1.807) is 11.8 Å². The fourth-order valence-electron chi connectivity index (χ4n) is 1.84. The van der Waals surface area contributed by atoms with Crippen LogP contribution in [0.5, 0.6) is 0 Å². The third-order valence-electron chi connectivity index (χ3n) is 3.41. The molecule has 0 aliphatic heterocycles. The molecule has 8 heteroatoms. The maximum atomic E-state index is 12.2. The van der Waals surface area contributed by atoms with Gasteiger partial charge in [-0.2, -0.15) is 11.8 Å². The zero-order valence-electron chi connectivity index (χ0n) is 11.0. The van der Waals surface area contributed by atoms with Crippen molar-refractivity contribution >= 4 is 33.4 Å². The number of sulfonamides is 1. The first-order valence-electron chi connectivity index (χ1n) is 6.04. The monoisotopic (exact) mass is 315 g/mol. The van der Waals surface area contributed by atoms with E-state index in [4.69, 9.17) is 11.5 Å². The first-order chi connectivity index (χ1) is 9.30. The van der Waals surface area contributed by atoms with E-state index in [-0.39, 0.29) is 20.9 Å². The van der Waals surface area contributed by atoms with Gasteiger partial charge < -0.3 is 11.5 Å². The highest BCUT2D eigenvalue weighted by Gasteiger charge is 2.42. The van der Waals surface area contributed by atoms with E-state index >= 15 is 0 Å². The molecular formula is C12H17N3O3S2. The highest BCUT2D eigenvalue weighted by Crippen LogP contribution is 2.46. The van der Waals surface area contributed by atoms with Crippen LogP contribution in [0.4, 0.5) is 5.69 Å². The average Bonchev–Trinajstić information content (AvgIpc) is 3.17. The van der Waals surface area contributed by atoms with E-state index in [1.807, 2.05) is 6.26 Å². The summed E-state index contributed by atoms with van der Waals surface area (Å²) in [7, 11) is -3.68. The highest BCUT2D eigenvalue weighted by molar-refractivity contribution is 8.00. The Kier molecular flexibility index (Phi) is 3.99. The fourth-order valence-corrected chi connectivity index (χ4v) is 3.90. The van der Waals surface area contributed by atoms with Gasteiger partial charge in [0.25, 0.3) is 0 Å². The molecule has 0 heterocycles. The van der Waals surface area contributed by atoms with Crippen molar-refractivity contribution in [2.75, 3.05) is 18.5 Å². The van der Waals surface area contributed by atoms with Crippen LogP contribution in [0.3, 0.4) is 0 Å². The Labute approximate surface area is 122 Å². The van der Waals surface area contributed by atoms with Gasteiger partial charge in [-0.15, -0.1) is 0 Å². The Balaban J connectivity index is 2.19. The standard InChI is InChI=1S/C12H17N3O3S2/c1-19-12(4-5-12)7-15-20(17,18)10-3-2-8(11(14)16)6-9(10)13/h2-3,6,15H,4-5,7,13H2,1H3,(H2,14,16). The molecule has 0 atom stereocenters. The van der Waals surface area contributed by atoms with Crippen molar-refractivity contribution in [3.63, 3.8) is 0 Å². The molecule has 2 rings (SSSR count). The molecule has 110 valence electrons. The number of hydrogen-bond donors (Lipinski definition) is 3. The van der Waals surface area contributed by atoms with Crippen LogP contribution in [0.15, 0.2) is 23.1 Å². The topological polar surface area (TPSA) is 115 Å². The lowest BCUT2D eigenvalue weighted by Gasteiger charge is -2.14. The average molecular weight is 315 g/mol. The second-order valence-corrected chi connectivity index (χ2v) is 7.84. The van der Waals surface area contributed by atoms with Crippen LogP contribution in [0, 0.1) is 0 Å². The van der Waals surface area contributed by atoms with Crippen LogP contribution in [0.25, 0.3) is 0 Å². The van der Waals surface area contributed by atoms with Crippen molar-refractivity contribution in [2.45, 2.75) is 22.5 Å². The van der Waals surface area contributed by atoms with Gasteiger partial charge >= 0.3 is 0 Å². The maximum Gasteiger partial charge on any atom is 0.248 e. The van der Waals surface area contributed by atoms with Gasteiger partial charge in [-0.1, -0.05) is 0 Å². The number of primary amides is 1. The van der Waals surface area contributed by atoms with Crippen LogP contribution in [0.2, 0.25) is 0 Å². The summed E-state index contributed by atoms with van der Waals surface area (Å²) in [6, 6.07) is 3.93. The van der Waals surface area contributed by atoms with Gasteiger partial charge in [0.05, 0.1) is 5.69 Å². The van der Waals surface area contributed by atoms with E-state index in [9.17, 15) is 13.2 Å². The van der Waals surface area contributed by atoms with E-state index in [2.05, 4.69) is 4.72 Å². The molecule has 20 heavy (non-hydrogen) atoms. The van der Waals surface area contributed by atoms with Crippen molar-refractivity contribution in [3.8, 4) is 0 Å². The predicted octanol–water partition coefficient (Wildman–Crippen LogP) is 0.542. The van der Waals surface area contributed by atoms with Gasteiger partial charge in [-0.05, 0) is 37.3 Å². The number of carbonyl (C=O) groups is 1. The van der Waals surface area contributed by atoms with Gasteiger partial charge in [0.15, 0.2) is 0 Å². The van der Waals surface area contributed by atoms with Gasteiger partial charge in [0.2, 0.25) is 15.9 Å². The molecule has 1 fully saturated rings. The largest absolute Gasteiger partial charge is 0.398 e. The first kappa shape index (κ1) is 15.1. The molecule has 1 saturated carbocycles. The number of amides is 1. The van der Waals surface area contributed by atoms with Crippen LogP contribution in [-0.4, -0.2) is 31.9 Å². The summed E-state index contributed by atoms with van der Waals surface area (Å²) in [6.07, 6.45) is 3.98. The Morgan fingerprint density at radius 2 is 2.10 bits per heavy atom. The molecule has 1 aromatic rings. The molecule has 1 aliphatic rings. The van der Waals surface area contributed by atoms with E-state index in [1.165, 1.54) is 18.2 Å². The zero-order valence-corrected chi connectivity index (χ0v) is 12.7. The molecule has 0 saturated heterocycles. The van der Waals surface area contributed by atoms with E-state index < -0.39 is 15.9 Å². The smallest absolute Gasteiger partial charge is 0.248 e. The van der Waals surface area contributed by atoms with Gasteiger partial charge in [0.1, 0.15) is 4.90 Å². The number of benzene rings is 1. The quantitative estimate of drug-likeness (QED) is 0.663. The molecule has 5 N–H and O–H groups in total. The summed E-state index contributed by atoms with van der Waals surface area (Å²) < 4.78 is 27.0. The summed E-state index contributed by atoms with van der Waals surface area (Å²) in [5.74, 6) is -0.645. The normalized spacial score (nSPS) is 16.9. The van der Waals surface area contributed by atoms with Gasteiger partial charge in [-0.25, -0.2) is 13.1 Å². The minimum Gasteiger partial charge on any atom is -0.398 e. The lowest BCUT2D eigenvalue weighted by atomic mass is 10.2. The summed E-state index contributed by atoms with van der Waals surface area (Å²) in [6.45, 7) is 0.382. The summed E-state index contributed by atoms with van der Waals surface area (Å²) in [4.78, 5) is 11.0. The SMILES string of the molecule is CSC1(CNS(=O)(=O)c2ccc(C(N)=O)cc2N)CC1. The number of thioether (sulfide) groups is 1. The maximum absolute atomic E-state index is 12.2. The van der Waals surface area contributed by atoms with Crippen LogP contribution in [-0.2, 0) is 10.0 Å². The minimum atomic E-state index is -3.68. The van der Waals surface area contributed by atoms with Crippen LogP contribution < -0.4 is 16.2 Å². The van der Waals surface area contributed by atoms with Crippen molar-refractivity contribution in [1.82, 2.24) is 4.72 Å². The third kappa shape index (κ3) is 3.08. The molecular weight excluding hydrogens is 298 g/mol. The van der Waals surface area contributed by atoms with Crippen molar-refractivity contribution in [2.24, 2.45) is 5.73 Å². The van der Waals surface area contributed by atoms with Crippen molar-refractivity contribution in [1.29, 1.82) is 0 Å². The van der Waals surface area contributed by atoms with Gasteiger partial charge in [0, 0.05) is 16.9 Å². The molecule has 6 nitrogen and oxygen atoms in total. The predicted molar refractivity (Wildman–Crippen MR) is 80.0 cm³/mol. The first-order valence-corrected chi connectivity index (χ1v) is 8.75. The number of nitrogens with one attached hydrogen (secondary N) is 1. The molecule has 0 unspecified atom stereocenters. The van der Waals surface area contributed by atoms with E-state index in [0.717, 1.165) is 12.8 Å². The summed E-state index contributed by atoms with van der Waals surface area (Å²) >= 11 is 1.67. The molecule has 0 radical (unpaired) electrons. The van der Waals surface area contributed by atoms with Crippen LogP contribution >= 0.6 is 11.8 Å². The molecule has 0 aromatic heterocycles. The molecule has 0 bridgehead atoms. The number of nitrogens with two attached hydrogens (primary N) is 2. The lowest BCUT2D eigenvalue weighted by molar-refractivity contribution is 0.1000.